The molecule has 17 heavy (non-hydrogen) atoms. The quantitative estimate of drug-likeness (QED) is 0.748. The van der Waals surface area contributed by atoms with Gasteiger partial charge >= 0.3 is 0 Å². The van der Waals surface area contributed by atoms with Gasteiger partial charge in [-0.25, -0.2) is 0 Å². The minimum Gasteiger partial charge on any atom is -0.309 e. The van der Waals surface area contributed by atoms with Crippen LogP contribution in [-0.4, -0.2) is 18.1 Å². The fraction of sp³-hybridized carbons (Fsp3) is 0.600. The van der Waals surface area contributed by atoms with Crippen LogP contribution in [0.15, 0.2) is 24.3 Å². The van der Waals surface area contributed by atoms with Crippen LogP contribution >= 0.6 is 11.8 Å². The maximum absolute atomic E-state index is 3.64. The third-order valence-electron chi connectivity index (χ3n) is 2.92. The summed E-state index contributed by atoms with van der Waals surface area (Å²) in [5.41, 5.74) is 2.85. The fourth-order valence-corrected chi connectivity index (χ4v) is 2.59. The van der Waals surface area contributed by atoms with Gasteiger partial charge in [-0.1, -0.05) is 45.0 Å². The molecular weight excluding hydrogens is 226 g/mol. The van der Waals surface area contributed by atoms with Crippen molar-refractivity contribution in [3.63, 3.8) is 0 Å². The lowest BCUT2D eigenvalue weighted by Crippen LogP contribution is -2.24. The first kappa shape index (κ1) is 14.6. The second-order valence-corrected chi connectivity index (χ2v) is 5.58. The topological polar surface area (TPSA) is 12.0 Å². The van der Waals surface area contributed by atoms with Crippen LogP contribution in [0.4, 0.5) is 0 Å². The van der Waals surface area contributed by atoms with Crippen LogP contribution in [0.1, 0.15) is 44.4 Å². The molecular formula is C15H25NS. The van der Waals surface area contributed by atoms with Gasteiger partial charge < -0.3 is 5.32 Å². The summed E-state index contributed by atoms with van der Waals surface area (Å²) in [6.07, 6.45) is 2.32. The zero-order valence-corrected chi connectivity index (χ0v) is 12.1. The molecule has 1 unspecified atom stereocenters. The van der Waals surface area contributed by atoms with Crippen molar-refractivity contribution in [2.75, 3.05) is 18.1 Å². The predicted octanol–water partition coefficient (Wildman–Crippen LogP) is 4.04. The van der Waals surface area contributed by atoms with Gasteiger partial charge in [0.15, 0.2) is 0 Å². The van der Waals surface area contributed by atoms with E-state index in [1.165, 1.54) is 29.1 Å². The first-order valence-electron chi connectivity index (χ1n) is 6.71. The second kappa shape index (κ2) is 8.60. The minimum atomic E-state index is 0.505. The Morgan fingerprint density at radius 3 is 2.35 bits per heavy atom. The highest BCUT2D eigenvalue weighted by molar-refractivity contribution is 7.99. The van der Waals surface area contributed by atoms with Gasteiger partial charge in [-0.3, -0.25) is 0 Å². The van der Waals surface area contributed by atoms with Crippen LogP contribution < -0.4 is 5.32 Å². The third kappa shape index (κ3) is 5.13. The van der Waals surface area contributed by atoms with E-state index in [9.17, 15) is 0 Å². The number of thioether (sulfide) groups is 1. The van der Waals surface area contributed by atoms with E-state index in [4.69, 9.17) is 0 Å². The number of nitrogens with one attached hydrogen (secondary N) is 1. The summed E-state index contributed by atoms with van der Waals surface area (Å²) in [7, 11) is 0. The Labute approximate surface area is 110 Å². The highest BCUT2D eigenvalue weighted by Crippen LogP contribution is 2.19. The summed E-state index contributed by atoms with van der Waals surface area (Å²) in [6, 6.07) is 9.58. The fourth-order valence-electron chi connectivity index (χ4n) is 1.81. The van der Waals surface area contributed by atoms with Crippen LogP contribution in [0.3, 0.4) is 0 Å². The lowest BCUT2D eigenvalue weighted by atomic mass is 10.0. The molecule has 1 aromatic rings. The van der Waals surface area contributed by atoms with Crippen LogP contribution in [0.25, 0.3) is 0 Å². The number of hydrogen-bond donors (Lipinski definition) is 1. The molecule has 2 heteroatoms. The van der Waals surface area contributed by atoms with E-state index in [1.807, 2.05) is 11.8 Å². The molecule has 0 aliphatic heterocycles. The number of hydrogen-bond acceptors (Lipinski definition) is 2. The highest BCUT2D eigenvalue weighted by atomic mass is 32.2. The average molecular weight is 251 g/mol. The molecule has 1 rings (SSSR count). The van der Waals surface area contributed by atoms with Gasteiger partial charge in [0.05, 0.1) is 0 Å². The standard InChI is InChI=1S/C15H25NS/c1-4-11-16-15(12-17-6-3)14-9-7-13(5-2)8-10-14/h7-10,15-16H,4-6,11-12H2,1-3H3. The van der Waals surface area contributed by atoms with Gasteiger partial charge in [0, 0.05) is 11.8 Å². The van der Waals surface area contributed by atoms with E-state index >= 15 is 0 Å². The Hall–Kier alpha value is -0.470. The molecule has 0 bridgehead atoms. The lowest BCUT2D eigenvalue weighted by Gasteiger charge is -2.18. The molecule has 1 nitrogen and oxygen atoms in total. The largest absolute Gasteiger partial charge is 0.309 e. The summed E-state index contributed by atoms with van der Waals surface area (Å²) in [5, 5.41) is 3.64. The van der Waals surface area contributed by atoms with Crippen LogP contribution in [-0.2, 0) is 6.42 Å². The van der Waals surface area contributed by atoms with E-state index in [-0.39, 0.29) is 0 Å². The monoisotopic (exact) mass is 251 g/mol. The molecule has 1 N–H and O–H groups in total. The Morgan fingerprint density at radius 2 is 1.82 bits per heavy atom. The molecule has 1 aromatic carbocycles. The smallest absolute Gasteiger partial charge is 0.0411 e. The molecule has 0 aliphatic carbocycles. The molecule has 96 valence electrons. The number of benzene rings is 1. The highest BCUT2D eigenvalue weighted by Gasteiger charge is 2.09. The van der Waals surface area contributed by atoms with Crippen molar-refractivity contribution in [2.24, 2.45) is 0 Å². The van der Waals surface area contributed by atoms with Crippen LogP contribution in [0.2, 0.25) is 0 Å². The van der Waals surface area contributed by atoms with Crippen LogP contribution in [0, 0.1) is 0 Å². The molecule has 0 aromatic heterocycles. The van der Waals surface area contributed by atoms with Crippen molar-refractivity contribution in [3.8, 4) is 0 Å². The van der Waals surface area contributed by atoms with E-state index in [2.05, 4.69) is 50.4 Å². The SMILES string of the molecule is CCCNC(CSCC)c1ccc(CC)cc1. The second-order valence-electron chi connectivity index (χ2n) is 4.26. The molecule has 0 saturated carbocycles. The zero-order chi connectivity index (χ0) is 12.5. The summed E-state index contributed by atoms with van der Waals surface area (Å²) >= 11 is 2.01. The zero-order valence-electron chi connectivity index (χ0n) is 11.3. The number of rotatable bonds is 8. The molecule has 0 spiro atoms. The first-order chi connectivity index (χ1) is 8.31. The van der Waals surface area contributed by atoms with Gasteiger partial charge in [0.25, 0.3) is 0 Å². The maximum Gasteiger partial charge on any atom is 0.0411 e. The van der Waals surface area contributed by atoms with Crippen molar-refractivity contribution in [1.82, 2.24) is 5.32 Å². The average Bonchev–Trinajstić information content (AvgIpc) is 2.39. The summed E-state index contributed by atoms with van der Waals surface area (Å²) in [4.78, 5) is 0. The van der Waals surface area contributed by atoms with Gasteiger partial charge in [0.2, 0.25) is 0 Å². The minimum absolute atomic E-state index is 0.505. The molecule has 0 heterocycles. The molecule has 0 fully saturated rings. The first-order valence-corrected chi connectivity index (χ1v) is 7.87. The van der Waals surface area contributed by atoms with Crippen molar-refractivity contribution < 1.29 is 0 Å². The number of aryl methyl sites for hydroxylation is 1. The van der Waals surface area contributed by atoms with Gasteiger partial charge in [-0.2, -0.15) is 11.8 Å². The normalized spacial score (nSPS) is 12.6. The third-order valence-corrected chi connectivity index (χ3v) is 3.90. The summed E-state index contributed by atoms with van der Waals surface area (Å²) in [6.45, 7) is 7.75. The maximum atomic E-state index is 3.64. The Balaban J connectivity index is 2.65. The summed E-state index contributed by atoms with van der Waals surface area (Å²) in [5.74, 6) is 2.36. The van der Waals surface area contributed by atoms with Gasteiger partial charge in [-0.15, -0.1) is 0 Å². The van der Waals surface area contributed by atoms with E-state index in [0.717, 1.165) is 13.0 Å². The van der Waals surface area contributed by atoms with Crippen molar-refractivity contribution in [1.29, 1.82) is 0 Å². The predicted molar refractivity (Wildman–Crippen MR) is 79.9 cm³/mol. The molecule has 0 saturated heterocycles. The van der Waals surface area contributed by atoms with Crippen molar-refractivity contribution >= 4 is 11.8 Å². The summed E-state index contributed by atoms with van der Waals surface area (Å²) < 4.78 is 0. The Morgan fingerprint density at radius 1 is 1.12 bits per heavy atom. The van der Waals surface area contributed by atoms with Crippen molar-refractivity contribution in [2.45, 2.75) is 39.7 Å². The van der Waals surface area contributed by atoms with Gasteiger partial charge in [-0.05, 0) is 36.3 Å². The van der Waals surface area contributed by atoms with Crippen LogP contribution in [0.5, 0.6) is 0 Å². The molecule has 0 aliphatic rings. The Kier molecular flexibility index (Phi) is 7.38. The molecule has 0 radical (unpaired) electrons. The van der Waals surface area contributed by atoms with E-state index in [0.29, 0.717) is 6.04 Å². The molecule has 1 atom stereocenters. The van der Waals surface area contributed by atoms with Gasteiger partial charge in [0.1, 0.15) is 0 Å². The Bertz CT molecular complexity index is 286. The lowest BCUT2D eigenvalue weighted by molar-refractivity contribution is 0.577. The van der Waals surface area contributed by atoms with Crippen molar-refractivity contribution in [3.05, 3.63) is 35.4 Å². The molecule has 0 amide bonds. The van der Waals surface area contributed by atoms with E-state index < -0.39 is 0 Å². The van der Waals surface area contributed by atoms with E-state index in [1.54, 1.807) is 0 Å².